The first kappa shape index (κ1) is 13.9. The predicted octanol–water partition coefficient (Wildman–Crippen LogP) is 1.35. The van der Waals surface area contributed by atoms with E-state index < -0.39 is 15.3 Å². The standard InChI is InChI=1S/C11H23NO3S/c1-3-12(11-7-5-4-6-8-11)16(14,15)10(2)9-13/h10-11,13H,3-9H2,1-2H3. The number of rotatable bonds is 5. The highest BCUT2D eigenvalue weighted by atomic mass is 32.2. The van der Waals surface area contributed by atoms with Gasteiger partial charge < -0.3 is 5.11 Å². The SMILES string of the molecule is CCN(C1CCCCC1)S(=O)(=O)C(C)CO. The van der Waals surface area contributed by atoms with Crippen LogP contribution in [0.15, 0.2) is 0 Å². The van der Waals surface area contributed by atoms with Gasteiger partial charge in [0.2, 0.25) is 10.0 Å². The van der Waals surface area contributed by atoms with Gasteiger partial charge in [0.1, 0.15) is 0 Å². The summed E-state index contributed by atoms with van der Waals surface area (Å²) in [5.41, 5.74) is 0. The summed E-state index contributed by atoms with van der Waals surface area (Å²) in [6, 6.07) is 0.151. The average Bonchev–Trinajstić information content (AvgIpc) is 2.30. The Balaban J connectivity index is 2.79. The molecule has 1 aliphatic carbocycles. The Labute approximate surface area is 98.7 Å². The third kappa shape index (κ3) is 2.96. The zero-order valence-corrected chi connectivity index (χ0v) is 11.0. The van der Waals surface area contributed by atoms with Gasteiger partial charge in [-0.3, -0.25) is 0 Å². The maximum atomic E-state index is 12.2. The lowest BCUT2D eigenvalue weighted by Gasteiger charge is -2.34. The Morgan fingerprint density at radius 2 is 1.88 bits per heavy atom. The minimum atomic E-state index is -3.32. The van der Waals surface area contributed by atoms with Gasteiger partial charge in [0.25, 0.3) is 0 Å². The summed E-state index contributed by atoms with van der Waals surface area (Å²) in [6.45, 7) is 3.65. The molecular weight excluding hydrogens is 226 g/mol. The first-order valence-electron chi connectivity index (χ1n) is 6.15. The normalized spacial score (nSPS) is 21.2. The van der Waals surface area contributed by atoms with Crippen molar-refractivity contribution in [3.63, 3.8) is 0 Å². The lowest BCUT2D eigenvalue weighted by Crippen LogP contribution is -2.46. The van der Waals surface area contributed by atoms with Crippen molar-refractivity contribution in [2.75, 3.05) is 13.2 Å². The number of sulfonamides is 1. The lowest BCUT2D eigenvalue weighted by molar-refractivity contribution is 0.248. The Bertz CT molecular complexity index is 296. The van der Waals surface area contributed by atoms with Gasteiger partial charge in [-0.15, -0.1) is 0 Å². The van der Waals surface area contributed by atoms with E-state index in [0.717, 1.165) is 25.7 Å². The van der Waals surface area contributed by atoms with Crippen LogP contribution in [0, 0.1) is 0 Å². The molecule has 0 aromatic heterocycles. The van der Waals surface area contributed by atoms with Crippen molar-refractivity contribution >= 4 is 10.0 Å². The second-order valence-electron chi connectivity index (χ2n) is 4.53. The van der Waals surface area contributed by atoms with Crippen LogP contribution in [-0.4, -0.2) is 42.3 Å². The van der Waals surface area contributed by atoms with E-state index in [0.29, 0.717) is 6.54 Å². The maximum Gasteiger partial charge on any atom is 0.219 e. The molecular formula is C11H23NO3S. The van der Waals surface area contributed by atoms with Crippen LogP contribution < -0.4 is 0 Å². The second-order valence-corrected chi connectivity index (χ2v) is 6.84. The maximum absolute atomic E-state index is 12.2. The fourth-order valence-corrected chi connectivity index (χ4v) is 3.98. The highest BCUT2D eigenvalue weighted by molar-refractivity contribution is 7.89. The number of aliphatic hydroxyl groups excluding tert-OH is 1. The summed E-state index contributed by atoms with van der Waals surface area (Å²) in [5, 5.41) is 8.32. The van der Waals surface area contributed by atoms with Crippen molar-refractivity contribution in [2.45, 2.75) is 57.2 Å². The van der Waals surface area contributed by atoms with E-state index in [9.17, 15) is 8.42 Å². The molecule has 0 spiro atoms. The topological polar surface area (TPSA) is 57.6 Å². The van der Waals surface area contributed by atoms with Crippen LogP contribution in [0.2, 0.25) is 0 Å². The van der Waals surface area contributed by atoms with Crippen LogP contribution in [0.3, 0.4) is 0 Å². The molecule has 1 fully saturated rings. The average molecular weight is 249 g/mol. The summed E-state index contributed by atoms with van der Waals surface area (Å²) < 4.78 is 25.9. The fraction of sp³-hybridized carbons (Fsp3) is 1.00. The molecule has 0 aliphatic heterocycles. The molecule has 1 atom stereocenters. The molecule has 96 valence electrons. The van der Waals surface area contributed by atoms with Crippen molar-refractivity contribution < 1.29 is 13.5 Å². The third-order valence-electron chi connectivity index (χ3n) is 3.39. The van der Waals surface area contributed by atoms with Crippen molar-refractivity contribution in [3.05, 3.63) is 0 Å². The van der Waals surface area contributed by atoms with E-state index in [2.05, 4.69) is 0 Å². The van der Waals surface area contributed by atoms with E-state index >= 15 is 0 Å². The molecule has 0 amide bonds. The van der Waals surface area contributed by atoms with E-state index in [-0.39, 0.29) is 12.6 Å². The summed E-state index contributed by atoms with van der Waals surface area (Å²) in [4.78, 5) is 0. The molecule has 1 N–H and O–H groups in total. The van der Waals surface area contributed by atoms with Crippen LogP contribution in [0.4, 0.5) is 0 Å². The van der Waals surface area contributed by atoms with E-state index in [1.165, 1.54) is 6.42 Å². The van der Waals surface area contributed by atoms with Gasteiger partial charge in [0, 0.05) is 12.6 Å². The molecule has 0 heterocycles. The number of nitrogens with zero attached hydrogens (tertiary/aromatic N) is 1. The molecule has 16 heavy (non-hydrogen) atoms. The molecule has 1 aliphatic rings. The molecule has 0 aromatic carbocycles. The molecule has 1 rings (SSSR count). The molecule has 0 radical (unpaired) electrons. The monoisotopic (exact) mass is 249 g/mol. The van der Waals surface area contributed by atoms with Crippen LogP contribution in [0.25, 0.3) is 0 Å². The first-order chi connectivity index (χ1) is 7.54. The zero-order chi connectivity index (χ0) is 12.2. The van der Waals surface area contributed by atoms with E-state index in [4.69, 9.17) is 5.11 Å². The summed E-state index contributed by atoms with van der Waals surface area (Å²) >= 11 is 0. The van der Waals surface area contributed by atoms with Gasteiger partial charge in [-0.25, -0.2) is 8.42 Å². The Morgan fingerprint density at radius 1 is 1.31 bits per heavy atom. The highest BCUT2D eigenvalue weighted by Gasteiger charge is 2.33. The van der Waals surface area contributed by atoms with Crippen molar-refractivity contribution in [2.24, 2.45) is 0 Å². The van der Waals surface area contributed by atoms with Gasteiger partial charge in [0.15, 0.2) is 0 Å². The molecule has 0 saturated heterocycles. The number of aliphatic hydroxyl groups is 1. The largest absolute Gasteiger partial charge is 0.395 e. The van der Waals surface area contributed by atoms with Crippen LogP contribution in [-0.2, 0) is 10.0 Å². The Hall–Kier alpha value is -0.130. The van der Waals surface area contributed by atoms with Gasteiger partial charge in [-0.2, -0.15) is 4.31 Å². The highest BCUT2D eigenvalue weighted by Crippen LogP contribution is 2.25. The first-order valence-corrected chi connectivity index (χ1v) is 7.65. The summed E-state index contributed by atoms with van der Waals surface area (Å²) in [5.74, 6) is 0. The summed E-state index contributed by atoms with van der Waals surface area (Å²) in [6.07, 6.45) is 5.37. The predicted molar refractivity (Wildman–Crippen MR) is 64.7 cm³/mol. The van der Waals surface area contributed by atoms with Crippen LogP contribution in [0.5, 0.6) is 0 Å². The molecule has 1 saturated carbocycles. The van der Waals surface area contributed by atoms with Crippen molar-refractivity contribution in [1.82, 2.24) is 4.31 Å². The van der Waals surface area contributed by atoms with Gasteiger partial charge in [0.05, 0.1) is 11.9 Å². The quantitative estimate of drug-likeness (QED) is 0.800. The minimum Gasteiger partial charge on any atom is -0.395 e. The van der Waals surface area contributed by atoms with Gasteiger partial charge in [-0.1, -0.05) is 26.2 Å². The van der Waals surface area contributed by atoms with Crippen LogP contribution in [0.1, 0.15) is 46.0 Å². The van der Waals surface area contributed by atoms with E-state index in [1.54, 1.807) is 11.2 Å². The molecule has 0 bridgehead atoms. The Kier molecular flexibility index (Phi) is 5.21. The zero-order valence-electron chi connectivity index (χ0n) is 10.2. The minimum absolute atomic E-state index is 0.151. The number of hydrogen-bond acceptors (Lipinski definition) is 3. The number of hydrogen-bond donors (Lipinski definition) is 1. The summed E-state index contributed by atoms with van der Waals surface area (Å²) in [7, 11) is -3.32. The molecule has 4 nitrogen and oxygen atoms in total. The van der Waals surface area contributed by atoms with Crippen LogP contribution >= 0.6 is 0 Å². The lowest BCUT2D eigenvalue weighted by atomic mass is 9.95. The Morgan fingerprint density at radius 3 is 2.31 bits per heavy atom. The molecule has 1 unspecified atom stereocenters. The fourth-order valence-electron chi connectivity index (χ4n) is 2.34. The third-order valence-corrected chi connectivity index (χ3v) is 5.76. The van der Waals surface area contributed by atoms with E-state index in [1.807, 2.05) is 6.92 Å². The van der Waals surface area contributed by atoms with Crippen molar-refractivity contribution in [1.29, 1.82) is 0 Å². The van der Waals surface area contributed by atoms with Gasteiger partial charge >= 0.3 is 0 Å². The molecule has 0 aromatic rings. The van der Waals surface area contributed by atoms with Crippen molar-refractivity contribution in [3.8, 4) is 0 Å². The second kappa shape index (κ2) is 5.98. The smallest absolute Gasteiger partial charge is 0.219 e. The molecule has 5 heteroatoms. The van der Waals surface area contributed by atoms with Gasteiger partial charge in [-0.05, 0) is 19.8 Å².